The molecule has 0 bridgehead atoms. The summed E-state index contributed by atoms with van der Waals surface area (Å²) in [7, 11) is 0. The van der Waals surface area contributed by atoms with Gasteiger partial charge in [-0.2, -0.15) is 11.8 Å². The molecule has 3 aromatic carbocycles. The zero-order chi connectivity index (χ0) is 33.1. The number of hydrogen-bond donors (Lipinski definition) is 2. The van der Waals surface area contributed by atoms with Crippen LogP contribution >= 0.6 is 11.8 Å². The number of hydrogen-bond acceptors (Lipinski definition) is 5. The van der Waals surface area contributed by atoms with Crippen LogP contribution in [0.1, 0.15) is 78.0 Å². The summed E-state index contributed by atoms with van der Waals surface area (Å²) in [6.07, 6.45) is 8.82. The van der Waals surface area contributed by atoms with Crippen LogP contribution < -0.4 is 10.6 Å². The highest BCUT2D eigenvalue weighted by atomic mass is 32.2. The van der Waals surface area contributed by atoms with Crippen LogP contribution in [0.2, 0.25) is 0 Å². The van der Waals surface area contributed by atoms with Crippen LogP contribution in [-0.2, 0) is 14.3 Å². The van der Waals surface area contributed by atoms with E-state index in [1.54, 1.807) is 61.7 Å². The Kier molecular flexibility index (Phi) is 12.9. The fourth-order valence-electron chi connectivity index (χ4n) is 5.11. The lowest BCUT2D eigenvalue weighted by Gasteiger charge is -2.39. The average Bonchev–Trinajstić information content (AvgIpc) is 2.99. The lowest BCUT2D eigenvalue weighted by molar-refractivity contribution is -0.143. The Morgan fingerprint density at radius 1 is 0.933 bits per heavy atom. The molecule has 0 radical (unpaired) electrons. The van der Waals surface area contributed by atoms with Gasteiger partial charge in [-0.05, 0) is 105 Å². The van der Waals surface area contributed by atoms with Crippen LogP contribution in [0, 0.1) is 18.3 Å². The SMILES string of the molecule is C#Cc1ccc(C(C(=O)Nc2ccc3ccccc3c2)N(C(=O)C(CCSC)NC(=O)OC(C)(C)C)C(C)CCC(C)C)cc1. The highest BCUT2D eigenvalue weighted by molar-refractivity contribution is 7.98. The van der Waals surface area contributed by atoms with E-state index in [2.05, 4.69) is 30.4 Å². The Morgan fingerprint density at radius 2 is 1.60 bits per heavy atom. The standard InChI is InChI=1S/C37H47N3O4S/c1-9-27-16-18-29(19-17-27)33(34(41)38-31-21-20-28-12-10-11-13-30(28)24-31)40(26(4)15-14-25(2)3)35(42)32(22-23-45-8)39-36(43)44-37(5,6)7/h1,10-13,16-21,24-26,32-33H,14-15,22-23H2,2-8H3,(H,38,41)(H,39,43). The second-order valence-electron chi connectivity index (χ2n) is 12.8. The van der Waals surface area contributed by atoms with E-state index < -0.39 is 23.8 Å². The third-order valence-electron chi connectivity index (χ3n) is 7.43. The third-order valence-corrected chi connectivity index (χ3v) is 8.07. The minimum atomic E-state index is -0.991. The first-order chi connectivity index (χ1) is 21.3. The minimum Gasteiger partial charge on any atom is -0.444 e. The van der Waals surface area contributed by atoms with Crippen LogP contribution in [0.25, 0.3) is 10.8 Å². The molecule has 3 aromatic rings. The Morgan fingerprint density at radius 3 is 2.20 bits per heavy atom. The van der Waals surface area contributed by atoms with Crippen molar-refractivity contribution in [2.24, 2.45) is 5.92 Å². The van der Waals surface area contributed by atoms with Gasteiger partial charge in [-0.1, -0.05) is 62.2 Å². The Labute approximate surface area is 272 Å². The maximum Gasteiger partial charge on any atom is 0.408 e. The number of ether oxygens (including phenoxy) is 1. The van der Waals surface area contributed by atoms with Crippen molar-refractivity contribution in [1.29, 1.82) is 0 Å². The van der Waals surface area contributed by atoms with Crippen molar-refractivity contribution in [3.05, 3.63) is 77.9 Å². The van der Waals surface area contributed by atoms with Crippen molar-refractivity contribution in [3.63, 3.8) is 0 Å². The molecule has 2 N–H and O–H groups in total. The van der Waals surface area contributed by atoms with Gasteiger partial charge in [0.1, 0.15) is 17.7 Å². The molecule has 0 spiro atoms. The van der Waals surface area contributed by atoms with Crippen molar-refractivity contribution in [2.75, 3.05) is 17.3 Å². The summed E-state index contributed by atoms with van der Waals surface area (Å²) in [4.78, 5) is 43.6. The van der Waals surface area contributed by atoms with Gasteiger partial charge in [0.2, 0.25) is 5.91 Å². The van der Waals surface area contributed by atoms with E-state index in [9.17, 15) is 14.4 Å². The number of carbonyl (C=O) groups excluding carboxylic acids is 3. The number of fused-ring (bicyclic) bond motifs is 1. The van der Waals surface area contributed by atoms with E-state index in [0.29, 0.717) is 41.3 Å². The van der Waals surface area contributed by atoms with Gasteiger partial charge in [0, 0.05) is 17.3 Å². The molecule has 7 nitrogen and oxygen atoms in total. The normalized spacial score (nSPS) is 13.4. The fraction of sp³-hybridized carbons (Fsp3) is 0.432. The predicted molar refractivity (Wildman–Crippen MR) is 186 cm³/mol. The number of thioether (sulfide) groups is 1. The van der Waals surface area contributed by atoms with Gasteiger partial charge >= 0.3 is 6.09 Å². The predicted octanol–water partition coefficient (Wildman–Crippen LogP) is 7.80. The molecule has 0 fully saturated rings. The Balaban J connectivity index is 2.10. The fourth-order valence-corrected chi connectivity index (χ4v) is 5.58. The van der Waals surface area contributed by atoms with Gasteiger partial charge in [0.15, 0.2) is 0 Å². The molecule has 0 saturated carbocycles. The summed E-state index contributed by atoms with van der Waals surface area (Å²) < 4.78 is 5.52. The molecule has 0 heterocycles. The summed E-state index contributed by atoms with van der Waals surface area (Å²) in [5, 5.41) is 7.94. The molecule has 0 aromatic heterocycles. The first-order valence-corrected chi connectivity index (χ1v) is 16.9. The molecule has 3 amide bonds. The van der Waals surface area contributed by atoms with E-state index in [-0.39, 0.29) is 17.9 Å². The molecule has 3 atom stereocenters. The first kappa shape index (κ1) is 35.5. The molecule has 45 heavy (non-hydrogen) atoms. The maximum absolute atomic E-state index is 14.6. The number of alkyl carbamates (subject to hydrolysis) is 1. The molecule has 0 saturated heterocycles. The second-order valence-corrected chi connectivity index (χ2v) is 13.8. The molecule has 0 aliphatic carbocycles. The molecular weight excluding hydrogens is 582 g/mol. The maximum atomic E-state index is 14.6. The molecule has 0 aliphatic heterocycles. The molecule has 3 rings (SSSR count). The zero-order valence-corrected chi connectivity index (χ0v) is 28.4. The van der Waals surface area contributed by atoms with Crippen LogP contribution in [0.4, 0.5) is 10.5 Å². The molecule has 240 valence electrons. The number of carbonyl (C=O) groups is 3. The lowest BCUT2D eigenvalue weighted by atomic mass is 9.96. The number of nitrogens with one attached hydrogen (secondary N) is 2. The molecular formula is C37H47N3O4S. The van der Waals surface area contributed by atoms with E-state index in [1.165, 1.54) is 0 Å². The van der Waals surface area contributed by atoms with Crippen LogP contribution in [0.5, 0.6) is 0 Å². The summed E-state index contributed by atoms with van der Waals surface area (Å²) in [6.45, 7) is 11.6. The number of anilines is 1. The number of amides is 3. The van der Waals surface area contributed by atoms with Gasteiger partial charge in [-0.15, -0.1) is 6.42 Å². The number of terminal acetylenes is 1. The monoisotopic (exact) mass is 629 g/mol. The third kappa shape index (κ3) is 10.6. The molecule has 8 heteroatoms. The van der Waals surface area contributed by atoms with Gasteiger partial charge < -0.3 is 20.3 Å². The van der Waals surface area contributed by atoms with E-state index in [0.717, 1.165) is 17.2 Å². The number of nitrogens with zero attached hydrogens (tertiary/aromatic N) is 1. The highest BCUT2D eigenvalue weighted by Gasteiger charge is 2.39. The number of rotatable bonds is 13. The van der Waals surface area contributed by atoms with Crippen LogP contribution in [0.15, 0.2) is 66.7 Å². The quantitative estimate of drug-likeness (QED) is 0.188. The minimum absolute atomic E-state index is 0.322. The van der Waals surface area contributed by atoms with Crippen molar-refractivity contribution in [3.8, 4) is 12.3 Å². The summed E-state index contributed by atoms with van der Waals surface area (Å²) in [5.74, 6) is 2.95. The van der Waals surface area contributed by atoms with E-state index in [4.69, 9.17) is 11.2 Å². The lowest BCUT2D eigenvalue weighted by Crippen LogP contribution is -2.55. The average molecular weight is 630 g/mol. The Bertz CT molecular complexity index is 1490. The van der Waals surface area contributed by atoms with Crippen LogP contribution in [-0.4, -0.2) is 52.5 Å². The van der Waals surface area contributed by atoms with E-state index >= 15 is 0 Å². The van der Waals surface area contributed by atoms with Gasteiger partial charge in [-0.25, -0.2) is 4.79 Å². The first-order valence-electron chi connectivity index (χ1n) is 15.5. The van der Waals surface area contributed by atoms with Gasteiger partial charge in [-0.3, -0.25) is 9.59 Å². The van der Waals surface area contributed by atoms with E-state index in [1.807, 2.05) is 55.6 Å². The Hall–Kier alpha value is -3.96. The smallest absolute Gasteiger partial charge is 0.408 e. The zero-order valence-electron chi connectivity index (χ0n) is 27.6. The highest BCUT2D eigenvalue weighted by Crippen LogP contribution is 2.30. The van der Waals surface area contributed by atoms with Crippen molar-refractivity contribution < 1.29 is 19.1 Å². The molecule has 3 unspecified atom stereocenters. The number of benzene rings is 3. The largest absolute Gasteiger partial charge is 0.444 e. The second kappa shape index (κ2) is 16.4. The van der Waals surface area contributed by atoms with Crippen molar-refractivity contribution >= 4 is 46.1 Å². The van der Waals surface area contributed by atoms with Crippen LogP contribution in [0.3, 0.4) is 0 Å². The molecule has 0 aliphatic rings. The summed E-state index contributed by atoms with van der Waals surface area (Å²) in [5.41, 5.74) is 1.18. The van der Waals surface area contributed by atoms with Gasteiger partial charge in [0.25, 0.3) is 5.91 Å². The van der Waals surface area contributed by atoms with Crippen molar-refractivity contribution in [1.82, 2.24) is 10.2 Å². The summed E-state index contributed by atoms with van der Waals surface area (Å²) in [6, 6.07) is 18.6. The summed E-state index contributed by atoms with van der Waals surface area (Å²) >= 11 is 1.58. The van der Waals surface area contributed by atoms with Gasteiger partial charge in [0.05, 0.1) is 0 Å². The van der Waals surface area contributed by atoms with Crippen molar-refractivity contribution in [2.45, 2.75) is 84.5 Å². The topological polar surface area (TPSA) is 87.7 Å².